The van der Waals surface area contributed by atoms with Crippen LogP contribution in [0.5, 0.6) is 0 Å². The van der Waals surface area contributed by atoms with Crippen LogP contribution in [0, 0.1) is 0 Å². The van der Waals surface area contributed by atoms with Gasteiger partial charge in [0.1, 0.15) is 0 Å². The first-order chi connectivity index (χ1) is 8.25. The van der Waals surface area contributed by atoms with Gasteiger partial charge in [0.25, 0.3) is 0 Å². The number of ether oxygens (including phenoxy) is 1. The van der Waals surface area contributed by atoms with E-state index in [0.29, 0.717) is 12.1 Å². The lowest BCUT2D eigenvalue weighted by molar-refractivity contribution is 0.0593. The highest BCUT2D eigenvalue weighted by Crippen LogP contribution is 2.24. The molecular formula is C13H20ClNOS. The van der Waals surface area contributed by atoms with Crippen molar-refractivity contribution in [1.29, 1.82) is 0 Å². The minimum Gasteiger partial charge on any atom is -0.377 e. The van der Waals surface area contributed by atoms with Crippen molar-refractivity contribution in [1.82, 2.24) is 5.32 Å². The molecule has 1 aromatic rings. The van der Waals surface area contributed by atoms with Gasteiger partial charge in [0.15, 0.2) is 0 Å². The summed E-state index contributed by atoms with van der Waals surface area (Å²) in [4.78, 5) is 0. The Kier molecular flexibility index (Phi) is 5.29. The molecule has 1 aliphatic carbocycles. The van der Waals surface area contributed by atoms with Gasteiger partial charge in [0.05, 0.1) is 17.0 Å². The molecule has 1 aromatic heterocycles. The summed E-state index contributed by atoms with van der Waals surface area (Å²) in [6.45, 7) is 3.88. The summed E-state index contributed by atoms with van der Waals surface area (Å²) >= 11 is 7.50. The van der Waals surface area contributed by atoms with Crippen LogP contribution in [0.15, 0.2) is 11.4 Å². The van der Waals surface area contributed by atoms with Gasteiger partial charge in [-0.05, 0) is 36.8 Å². The molecule has 0 bridgehead atoms. The van der Waals surface area contributed by atoms with Crippen LogP contribution in [0.4, 0.5) is 0 Å². The van der Waals surface area contributed by atoms with Gasteiger partial charge in [-0.15, -0.1) is 11.3 Å². The fourth-order valence-electron chi connectivity index (χ4n) is 2.22. The van der Waals surface area contributed by atoms with Crippen molar-refractivity contribution in [3.63, 3.8) is 0 Å². The minimum absolute atomic E-state index is 0.353. The van der Waals surface area contributed by atoms with Crippen molar-refractivity contribution in [2.45, 2.75) is 44.8 Å². The normalized spacial score (nSPS) is 18.7. The Morgan fingerprint density at radius 1 is 1.53 bits per heavy atom. The second-order valence-electron chi connectivity index (χ2n) is 4.64. The molecule has 0 saturated heterocycles. The summed E-state index contributed by atoms with van der Waals surface area (Å²) < 4.78 is 6.67. The lowest BCUT2D eigenvalue weighted by Gasteiger charge is -2.15. The van der Waals surface area contributed by atoms with E-state index in [0.717, 1.165) is 17.5 Å². The molecule has 0 amide bonds. The van der Waals surface area contributed by atoms with E-state index >= 15 is 0 Å². The van der Waals surface area contributed by atoms with Crippen LogP contribution in [0.25, 0.3) is 0 Å². The number of nitrogens with one attached hydrogen (secondary N) is 1. The van der Waals surface area contributed by atoms with E-state index in [9.17, 15) is 0 Å². The summed E-state index contributed by atoms with van der Waals surface area (Å²) in [6.07, 6.45) is 5.68. The van der Waals surface area contributed by atoms with E-state index in [-0.39, 0.29) is 0 Å². The van der Waals surface area contributed by atoms with Crippen LogP contribution in [0.3, 0.4) is 0 Å². The largest absolute Gasteiger partial charge is 0.377 e. The molecule has 0 aliphatic heterocycles. The van der Waals surface area contributed by atoms with Crippen molar-refractivity contribution >= 4 is 22.9 Å². The molecule has 17 heavy (non-hydrogen) atoms. The summed E-state index contributed by atoms with van der Waals surface area (Å²) in [6, 6.07) is 2.38. The molecule has 1 saturated carbocycles. The third kappa shape index (κ3) is 4.25. The quantitative estimate of drug-likeness (QED) is 0.791. The maximum Gasteiger partial charge on any atom is 0.0931 e. The molecule has 1 N–H and O–H groups in total. The van der Waals surface area contributed by atoms with Crippen LogP contribution in [0.2, 0.25) is 4.34 Å². The molecule has 1 heterocycles. The molecule has 96 valence electrons. The molecule has 1 unspecified atom stereocenters. The maximum absolute atomic E-state index is 5.92. The molecule has 4 heteroatoms. The van der Waals surface area contributed by atoms with Crippen LogP contribution >= 0.6 is 22.9 Å². The predicted octanol–water partition coefficient (Wildman–Crippen LogP) is 4.01. The molecule has 1 fully saturated rings. The average molecular weight is 274 g/mol. The average Bonchev–Trinajstić information content (AvgIpc) is 2.95. The predicted molar refractivity (Wildman–Crippen MR) is 74.0 cm³/mol. The first-order valence-corrected chi connectivity index (χ1v) is 7.60. The van der Waals surface area contributed by atoms with Crippen LogP contribution in [0.1, 0.15) is 44.2 Å². The SMILES string of the molecule is CC(NCCOC1CCCC1)c1csc(Cl)c1. The minimum atomic E-state index is 0.353. The number of rotatable bonds is 6. The Morgan fingerprint density at radius 2 is 2.29 bits per heavy atom. The fourth-order valence-corrected chi connectivity index (χ4v) is 3.21. The fraction of sp³-hybridized carbons (Fsp3) is 0.692. The van der Waals surface area contributed by atoms with Crippen molar-refractivity contribution in [2.24, 2.45) is 0 Å². The molecule has 0 aromatic carbocycles. The Bertz CT molecular complexity index is 336. The van der Waals surface area contributed by atoms with Crippen LogP contribution < -0.4 is 5.32 Å². The lowest BCUT2D eigenvalue weighted by Crippen LogP contribution is -2.24. The van der Waals surface area contributed by atoms with Gasteiger partial charge in [-0.3, -0.25) is 0 Å². The van der Waals surface area contributed by atoms with E-state index in [1.165, 1.54) is 31.2 Å². The van der Waals surface area contributed by atoms with Crippen molar-refractivity contribution in [3.05, 3.63) is 21.3 Å². The molecule has 2 rings (SSSR count). The number of halogens is 1. The van der Waals surface area contributed by atoms with Gasteiger partial charge >= 0.3 is 0 Å². The Morgan fingerprint density at radius 3 is 2.94 bits per heavy atom. The molecule has 1 atom stereocenters. The number of thiophene rings is 1. The van der Waals surface area contributed by atoms with Crippen molar-refractivity contribution in [2.75, 3.05) is 13.2 Å². The molecule has 0 spiro atoms. The highest BCUT2D eigenvalue weighted by molar-refractivity contribution is 7.14. The summed E-state index contributed by atoms with van der Waals surface area (Å²) in [5.41, 5.74) is 1.26. The highest BCUT2D eigenvalue weighted by atomic mass is 35.5. The first-order valence-electron chi connectivity index (χ1n) is 6.34. The Balaban J connectivity index is 1.61. The maximum atomic E-state index is 5.92. The first kappa shape index (κ1) is 13.3. The summed E-state index contributed by atoms with van der Waals surface area (Å²) in [5.74, 6) is 0. The smallest absolute Gasteiger partial charge is 0.0931 e. The lowest BCUT2D eigenvalue weighted by atomic mass is 10.2. The van der Waals surface area contributed by atoms with E-state index in [4.69, 9.17) is 16.3 Å². The number of hydrogen-bond acceptors (Lipinski definition) is 3. The zero-order valence-electron chi connectivity index (χ0n) is 10.2. The van der Waals surface area contributed by atoms with Gasteiger partial charge < -0.3 is 10.1 Å². The van der Waals surface area contributed by atoms with E-state index in [2.05, 4.69) is 17.6 Å². The zero-order valence-corrected chi connectivity index (χ0v) is 11.8. The molecular weight excluding hydrogens is 254 g/mol. The van der Waals surface area contributed by atoms with Gasteiger partial charge in [-0.1, -0.05) is 24.4 Å². The van der Waals surface area contributed by atoms with E-state index in [1.54, 1.807) is 11.3 Å². The second-order valence-corrected chi connectivity index (χ2v) is 6.18. The molecule has 1 aliphatic rings. The standard InChI is InChI=1S/C13H20ClNOS/c1-10(11-8-13(14)17-9-11)15-6-7-16-12-4-2-3-5-12/h8-10,12,15H,2-7H2,1H3. The van der Waals surface area contributed by atoms with Gasteiger partial charge in [-0.2, -0.15) is 0 Å². The molecule has 0 radical (unpaired) electrons. The Hall–Kier alpha value is -0.0900. The van der Waals surface area contributed by atoms with Crippen LogP contribution in [-0.2, 0) is 4.74 Å². The van der Waals surface area contributed by atoms with Gasteiger partial charge in [-0.25, -0.2) is 0 Å². The number of hydrogen-bond donors (Lipinski definition) is 1. The Labute approximate surface area is 112 Å². The van der Waals surface area contributed by atoms with E-state index < -0.39 is 0 Å². The highest BCUT2D eigenvalue weighted by Gasteiger charge is 2.15. The summed E-state index contributed by atoms with van der Waals surface area (Å²) in [7, 11) is 0. The third-order valence-corrected chi connectivity index (χ3v) is 4.41. The van der Waals surface area contributed by atoms with Crippen molar-refractivity contribution < 1.29 is 4.74 Å². The van der Waals surface area contributed by atoms with Crippen LogP contribution in [-0.4, -0.2) is 19.3 Å². The summed E-state index contributed by atoms with van der Waals surface area (Å²) in [5, 5.41) is 5.57. The monoisotopic (exact) mass is 273 g/mol. The van der Waals surface area contributed by atoms with Gasteiger partial charge in [0.2, 0.25) is 0 Å². The molecule has 2 nitrogen and oxygen atoms in total. The zero-order chi connectivity index (χ0) is 12.1. The third-order valence-electron chi connectivity index (χ3n) is 3.30. The van der Waals surface area contributed by atoms with E-state index in [1.807, 2.05) is 6.07 Å². The second kappa shape index (κ2) is 6.74. The van der Waals surface area contributed by atoms with Crippen molar-refractivity contribution in [3.8, 4) is 0 Å². The van der Waals surface area contributed by atoms with Gasteiger partial charge in [0, 0.05) is 12.6 Å². The topological polar surface area (TPSA) is 21.3 Å².